The third-order valence-electron chi connectivity index (χ3n) is 2.28. The van der Waals surface area contributed by atoms with Gasteiger partial charge in [0.1, 0.15) is 0 Å². The van der Waals surface area contributed by atoms with Crippen molar-refractivity contribution in [2.24, 2.45) is 5.73 Å². The van der Waals surface area contributed by atoms with Crippen molar-refractivity contribution >= 4 is 17.6 Å². The monoisotopic (exact) mass is 212 g/mol. The lowest BCUT2D eigenvalue weighted by Crippen LogP contribution is -2.12. The van der Waals surface area contributed by atoms with Crippen LogP contribution in [0.25, 0.3) is 11.6 Å². The Hall–Kier alpha value is -2.29. The fourth-order valence-electron chi connectivity index (χ4n) is 1.51. The van der Waals surface area contributed by atoms with Gasteiger partial charge in [-0.05, 0) is 23.3 Å². The first-order chi connectivity index (χ1) is 7.77. The van der Waals surface area contributed by atoms with Gasteiger partial charge in [0.25, 0.3) is 0 Å². The van der Waals surface area contributed by atoms with Gasteiger partial charge in [-0.15, -0.1) is 0 Å². The van der Waals surface area contributed by atoms with E-state index in [2.05, 4.69) is 4.98 Å². The highest BCUT2D eigenvalue weighted by atomic mass is 16.1. The topological polar surface area (TPSA) is 58.9 Å². The van der Waals surface area contributed by atoms with Gasteiger partial charge in [-0.1, -0.05) is 30.3 Å². The maximum absolute atomic E-state index is 11.4. The molecule has 3 nitrogen and oxygen atoms in total. The number of hydrogen-bond donors (Lipinski definition) is 2. The third-order valence-corrected chi connectivity index (χ3v) is 2.28. The summed E-state index contributed by atoms with van der Waals surface area (Å²) in [6.45, 7) is 0. The van der Waals surface area contributed by atoms with E-state index < -0.39 is 5.91 Å². The Balaban J connectivity index is 2.43. The number of benzene rings is 1. The molecule has 1 aromatic heterocycles. The highest BCUT2D eigenvalue weighted by molar-refractivity contribution is 6.23. The van der Waals surface area contributed by atoms with Gasteiger partial charge in [-0.3, -0.25) is 4.79 Å². The first-order valence-corrected chi connectivity index (χ1v) is 4.97. The predicted octanol–water partition coefficient (Wildman–Crippen LogP) is 2.04. The van der Waals surface area contributed by atoms with E-state index in [-0.39, 0.29) is 0 Å². The predicted molar refractivity (Wildman–Crippen MR) is 64.3 cm³/mol. The van der Waals surface area contributed by atoms with Crippen LogP contribution in [0.2, 0.25) is 0 Å². The summed E-state index contributed by atoms with van der Waals surface area (Å²) in [5.74, 6) is -0.424. The van der Waals surface area contributed by atoms with E-state index in [4.69, 9.17) is 5.73 Å². The molecule has 0 aliphatic heterocycles. The lowest BCUT2D eigenvalue weighted by atomic mass is 10.0. The van der Waals surface area contributed by atoms with Gasteiger partial charge >= 0.3 is 0 Å². The summed E-state index contributed by atoms with van der Waals surface area (Å²) in [5.41, 5.74) is 7.64. The highest BCUT2D eigenvalue weighted by Crippen LogP contribution is 2.17. The molecule has 2 aromatic rings. The van der Waals surface area contributed by atoms with Crippen LogP contribution in [0.5, 0.6) is 0 Å². The zero-order valence-corrected chi connectivity index (χ0v) is 8.68. The molecule has 1 heterocycles. The van der Waals surface area contributed by atoms with Gasteiger partial charge < -0.3 is 10.7 Å². The van der Waals surface area contributed by atoms with Crippen molar-refractivity contribution < 1.29 is 4.79 Å². The number of H-pyrrole nitrogens is 1. The zero-order chi connectivity index (χ0) is 11.4. The fraction of sp³-hybridized carbons (Fsp3) is 0. The van der Waals surface area contributed by atoms with Crippen LogP contribution in [-0.4, -0.2) is 10.9 Å². The summed E-state index contributed by atoms with van der Waals surface area (Å²) in [7, 11) is 0. The molecule has 3 heteroatoms. The van der Waals surface area contributed by atoms with E-state index in [1.165, 1.54) is 0 Å². The molecule has 0 aliphatic carbocycles. The van der Waals surface area contributed by atoms with Crippen molar-refractivity contribution in [2.75, 3.05) is 0 Å². The van der Waals surface area contributed by atoms with E-state index in [1.807, 2.05) is 42.6 Å². The maximum Gasteiger partial charge on any atom is 0.249 e. The molecule has 0 saturated heterocycles. The van der Waals surface area contributed by atoms with Gasteiger partial charge in [0, 0.05) is 18.0 Å². The number of carbonyl (C=O) groups is 1. The largest absolute Gasteiger partial charge is 0.367 e. The van der Waals surface area contributed by atoms with Gasteiger partial charge in [0.2, 0.25) is 5.91 Å². The Morgan fingerprint density at radius 3 is 2.50 bits per heavy atom. The molecule has 0 spiro atoms. The highest BCUT2D eigenvalue weighted by Gasteiger charge is 2.07. The average molecular weight is 212 g/mol. The quantitative estimate of drug-likeness (QED) is 0.751. The number of aromatic nitrogens is 1. The van der Waals surface area contributed by atoms with E-state index in [0.717, 1.165) is 11.1 Å². The summed E-state index contributed by atoms with van der Waals surface area (Å²) in [5, 5.41) is 0. The number of aromatic amines is 1. The van der Waals surface area contributed by atoms with Crippen LogP contribution in [0.1, 0.15) is 11.1 Å². The van der Waals surface area contributed by atoms with Crippen molar-refractivity contribution in [3.8, 4) is 0 Å². The van der Waals surface area contributed by atoms with Crippen LogP contribution in [-0.2, 0) is 4.79 Å². The minimum absolute atomic E-state index is 0.424. The molecule has 1 amide bonds. The van der Waals surface area contributed by atoms with Crippen molar-refractivity contribution in [2.45, 2.75) is 0 Å². The SMILES string of the molecule is NC(=O)C(=Cc1cc[nH]c1)c1ccccc1. The minimum Gasteiger partial charge on any atom is -0.367 e. The summed E-state index contributed by atoms with van der Waals surface area (Å²) in [6.07, 6.45) is 5.38. The minimum atomic E-state index is -0.424. The first kappa shape index (κ1) is 10.2. The molecule has 0 radical (unpaired) electrons. The van der Waals surface area contributed by atoms with Crippen LogP contribution in [0.3, 0.4) is 0 Å². The van der Waals surface area contributed by atoms with E-state index in [0.29, 0.717) is 5.57 Å². The Labute approximate surface area is 93.6 Å². The molecule has 1 aromatic carbocycles. The Bertz CT molecular complexity index is 498. The van der Waals surface area contributed by atoms with Crippen molar-refractivity contribution in [3.63, 3.8) is 0 Å². The summed E-state index contributed by atoms with van der Waals surface area (Å²) < 4.78 is 0. The number of amides is 1. The number of hydrogen-bond acceptors (Lipinski definition) is 1. The number of nitrogens with one attached hydrogen (secondary N) is 1. The van der Waals surface area contributed by atoms with Gasteiger partial charge in [-0.25, -0.2) is 0 Å². The fourth-order valence-corrected chi connectivity index (χ4v) is 1.51. The van der Waals surface area contributed by atoms with E-state index in [9.17, 15) is 4.79 Å². The Kier molecular flexibility index (Phi) is 2.87. The molecule has 0 unspecified atom stereocenters. The van der Waals surface area contributed by atoms with Crippen LogP contribution in [0.4, 0.5) is 0 Å². The van der Waals surface area contributed by atoms with Crippen LogP contribution in [0.15, 0.2) is 48.8 Å². The van der Waals surface area contributed by atoms with Crippen molar-refractivity contribution in [1.29, 1.82) is 0 Å². The molecule has 0 saturated carbocycles. The van der Waals surface area contributed by atoms with Crippen LogP contribution >= 0.6 is 0 Å². The first-order valence-electron chi connectivity index (χ1n) is 4.97. The lowest BCUT2D eigenvalue weighted by Gasteiger charge is -2.02. The molecular weight excluding hydrogens is 200 g/mol. The molecule has 0 atom stereocenters. The number of carbonyl (C=O) groups excluding carboxylic acids is 1. The van der Waals surface area contributed by atoms with Gasteiger partial charge in [0.15, 0.2) is 0 Å². The summed E-state index contributed by atoms with van der Waals surface area (Å²) >= 11 is 0. The molecule has 2 rings (SSSR count). The number of rotatable bonds is 3. The molecule has 0 fully saturated rings. The second kappa shape index (κ2) is 4.49. The molecular formula is C13H12N2O. The normalized spacial score (nSPS) is 11.4. The van der Waals surface area contributed by atoms with E-state index in [1.54, 1.807) is 12.3 Å². The maximum atomic E-state index is 11.4. The number of primary amides is 1. The molecule has 0 bridgehead atoms. The van der Waals surface area contributed by atoms with Crippen LogP contribution < -0.4 is 5.73 Å². The van der Waals surface area contributed by atoms with Crippen LogP contribution in [0, 0.1) is 0 Å². The van der Waals surface area contributed by atoms with Crippen molar-refractivity contribution in [3.05, 3.63) is 59.9 Å². The second-order valence-electron chi connectivity index (χ2n) is 3.43. The smallest absolute Gasteiger partial charge is 0.249 e. The molecule has 16 heavy (non-hydrogen) atoms. The summed E-state index contributed by atoms with van der Waals surface area (Å²) in [6, 6.07) is 11.3. The summed E-state index contributed by atoms with van der Waals surface area (Å²) in [4.78, 5) is 14.3. The third kappa shape index (κ3) is 2.20. The average Bonchev–Trinajstić information content (AvgIpc) is 2.79. The Morgan fingerprint density at radius 2 is 1.94 bits per heavy atom. The molecule has 3 N–H and O–H groups in total. The zero-order valence-electron chi connectivity index (χ0n) is 8.68. The Morgan fingerprint density at radius 1 is 1.19 bits per heavy atom. The molecule has 80 valence electrons. The number of nitrogens with two attached hydrogens (primary N) is 1. The standard InChI is InChI=1S/C13H12N2O/c14-13(16)12(8-10-6-7-15-9-10)11-4-2-1-3-5-11/h1-9,15H,(H2,14,16). The van der Waals surface area contributed by atoms with E-state index >= 15 is 0 Å². The lowest BCUT2D eigenvalue weighted by molar-refractivity contribution is -0.112. The van der Waals surface area contributed by atoms with Crippen molar-refractivity contribution in [1.82, 2.24) is 4.98 Å². The van der Waals surface area contributed by atoms with Gasteiger partial charge in [-0.2, -0.15) is 0 Å². The second-order valence-corrected chi connectivity index (χ2v) is 3.43. The van der Waals surface area contributed by atoms with Gasteiger partial charge in [0.05, 0.1) is 0 Å². The molecule has 0 aliphatic rings.